The van der Waals surface area contributed by atoms with Gasteiger partial charge in [-0.25, -0.2) is 0 Å². The van der Waals surface area contributed by atoms with E-state index < -0.39 is 0 Å². The van der Waals surface area contributed by atoms with Crippen molar-refractivity contribution >= 4 is 0 Å². The van der Waals surface area contributed by atoms with Crippen LogP contribution in [0.3, 0.4) is 0 Å². The van der Waals surface area contributed by atoms with Crippen LogP contribution in [0.15, 0.2) is 42.5 Å². The van der Waals surface area contributed by atoms with Crippen LogP contribution in [0.4, 0.5) is 0 Å². The molecule has 1 fully saturated rings. The van der Waals surface area contributed by atoms with Gasteiger partial charge in [-0.05, 0) is 24.8 Å². The van der Waals surface area contributed by atoms with Gasteiger partial charge in [0, 0.05) is 5.41 Å². The number of allylic oxidation sites excluding steroid dienone is 1. The quantitative estimate of drug-likeness (QED) is 0.627. The zero-order chi connectivity index (χ0) is 10.2. The molecule has 2 unspecified atom stereocenters. The summed E-state index contributed by atoms with van der Waals surface area (Å²) in [7, 11) is 0. The van der Waals surface area contributed by atoms with Crippen LogP contribution in [-0.2, 0) is 5.41 Å². The van der Waals surface area contributed by atoms with Gasteiger partial charge in [-0.15, -0.1) is 0 Å². The first-order valence-corrected chi connectivity index (χ1v) is 5.43. The minimum atomic E-state index is 0.315. The van der Waals surface area contributed by atoms with Crippen molar-refractivity contribution in [3.05, 3.63) is 48.0 Å². The predicted octanol–water partition coefficient (Wildman–Crippen LogP) is 3.93. The van der Waals surface area contributed by atoms with Crippen molar-refractivity contribution in [1.82, 2.24) is 0 Å². The molecule has 0 heterocycles. The van der Waals surface area contributed by atoms with E-state index in [0.717, 1.165) is 5.92 Å². The van der Waals surface area contributed by atoms with Crippen molar-refractivity contribution in [2.45, 2.75) is 32.1 Å². The lowest BCUT2D eigenvalue weighted by molar-refractivity contribution is 0.666. The lowest BCUT2D eigenvalue weighted by Crippen LogP contribution is -2.10. The molecule has 14 heavy (non-hydrogen) atoms. The van der Waals surface area contributed by atoms with Gasteiger partial charge in [-0.3, -0.25) is 0 Å². The maximum absolute atomic E-state index is 4.16. The topological polar surface area (TPSA) is 0 Å². The average molecular weight is 186 g/mol. The van der Waals surface area contributed by atoms with E-state index in [1.165, 1.54) is 24.0 Å². The summed E-state index contributed by atoms with van der Waals surface area (Å²) in [6, 6.07) is 10.8. The smallest absolute Gasteiger partial charge is 0.0188 e. The minimum absolute atomic E-state index is 0.315. The van der Waals surface area contributed by atoms with Crippen LogP contribution in [0, 0.1) is 5.92 Å². The number of hydrogen-bond donors (Lipinski definition) is 0. The summed E-state index contributed by atoms with van der Waals surface area (Å²) in [5.41, 5.74) is 3.10. The van der Waals surface area contributed by atoms with Crippen molar-refractivity contribution in [1.29, 1.82) is 0 Å². The van der Waals surface area contributed by atoms with Gasteiger partial charge in [0.15, 0.2) is 0 Å². The molecule has 0 saturated heterocycles. The first-order valence-electron chi connectivity index (χ1n) is 5.43. The summed E-state index contributed by atoms with van der Waals surface area (Å²) < 4.78 is 0. The van der Waals surface area contributed by atoms with E-state index in [2.05, 4.69) is 50.8 Å². The van der Waals surface area contributed by atoms with E-state index in [0.29, 0.717) is 5.41 Å². The maximum Gasteiger partial charge on any atom is 0.0188 e. The van der Waals surface area contributed by atoms with Crippen LogP contribution in [0.2, 0.25) is 0 Å². The zero-order valence-electron chi connectivity index (χ0n) is 9.09. The normalized spacial score (nSPS) is 30.0. The second kappa shape index (κ2) is 3.27. The van der Waals surface area contributed by atoms with E-state index in [-0.39, 0.29) is 0 Å². The van der Waals surface area contributed by atoms with Crippen LogP contribution in [0.5, 0.6) is 0 Å². The second-order valence-corrected chi connectivity index (χ2v) is 4.43. The van der Waals surface area contributed by atoms with Gasteiger partial charge in [-0.1, -0.05) is 55.8 Å². The molecule has 0 aliphatic heterocycles. The molecule has 1 aromatic carbocycles. The fourth-order valence-electron chi connectivity index (χ4n) is 2.68. The second-order valence-electron chi connectivity index (χ2n) is 4.43. The van der Waals surface area contributed by atoms with E-state index in [1.807, 2.05) is 0 Å². The zero-order valence-corrected chi connectivity index (χ0v) is 9.09. The Morgan fingerprint density at radius 1 is 1.43 bits per heavy atom. The molecule has 0 bridgehead atoms. The van der Waals surface area contributed by atoms with Gasteiger partial charge < -0.3 is 0 Å². The molecular formula is C14H18. The van der Waals surface area contributed by atoms with E-state index >= 15 is 0 Å². The van der Waals surface area contributed by atoms with Crippen molar-refractivity contribution in [3.63, 3.8) is 0 Å². The van der Waals surface area contributed by atoms with Crippen LogP contribution in [-0.4, -0.2) is 0 Å². The largest absolute Gasteiger partial charge is 0.0992 e. The number of rotatable bonds is 3. The van der Waals surface area contributed by atoms with Gasteiger partial charge in [0.05, 0.1) is 0 Å². The molecule has 0 spiro atoms. The monoisotopic (exact) mass is 186 g/mol. The average Bonchev–Trinajstić information content (AvgIpc) is 2.94. The summed E-state index contributed by atoms with van der Waals surface area (Å²) >= 11 is 0. The van der Waals surface area contributed by atoms with E-state index in [4.69, 9.17) is 0 Å². The third kappa shape index (κ3) is 1.21. The molecule has 1 aromatic rings. The molecule has 0 amide bonds. The Balaban J connectivity index is 2.36. The maximum atomic E-state index is 4.16. The minimum Gasteiger partial charge on any atom is -0.0992 e. The van der Waals surface area contributed by atoms with Gasteiger partial charge in [-0.2, -0.15) is 0 Å². The SMILES string of the molecule is C=C(C)C1(c2ccccc2)CC1CC. The van der Waals surface area contributed by atoms with Crippen LogP contribution >= 0.6 is 0 Å². The molecule has 1 aliphatic carbocycles. The first-order chi connectivity index (χ1) is 6.71. The lowest BCUT2D eigenvalue weighted by Gasteiger charge is -2.17. The highest BCUT2D eigenvalue weighted by atomic mass is 14.6. The predicted molar refractivity (Wildman–Crippen MR) is 61.3 cm³/mol. The van der Waals surface area contributed by atoms with E-state index in [9.17, 15) is 0 Å². The Kier molecular flexibility index (Phi) is 2.22. The highest BCUT2D eigenvalue weighted by Gasteiger charge is 2.54. The summed E-state index contributed by atoms with van der Waals surface area (Å²) in [5.74, 6) is 0.822. The number of hydrogen-bond acceptors (Lipinski definition) is 0. The summed E-state index contributed by atoms with van der Waals surface area (Å²) in [4.78, 5) is 0. The molecule has 1 saturated carbocycles. The van der Waals surface area contributed by atoms with Gasteiger partial charge >= 0.3 is 0 Å². The summed E-state index contributed by atoms with van der Waals surface area (Å²) in [6.07, 6.45) is 2.56. The molecule has 0 aromatic heterocycles. The first kappa shape index (κ1) is 9.51. The molecule has 0 N–H and O–H groups in total. The molecular weight excluding hydrogens is 168 g/mol. The summed E-state index contributed by atoms with van der Waals surface area (Å²) in [6.45, 7) is 8.61. The summed E-state index contributed by atoms with van der Waals surface area (Å²) in [5, 5.41) is 0. The van der Waals surface area contributed by atoms with Crippen molar-refractivity contribution < 1.29 is 0 Å². The van der Waals surface area contributed by atoms with Crippen LogP contribution < -0.4 is 0 Å². The van der Waals surface area contributed by atoms with Crippen LogP contribution in [0.1, 0.15) is 32.3 Å². The number of benzene rings is 1. The molecule has 0 nitrogen and oxygen atoms in total. The lowest BCUT2D eigenvalue weighted by atomic mass is 9.86. The third-order valence-electron chi connectivity index (χ3n) is 3.65. The molecule has 74 valence electrons. The third-order valence-corrected chi connectivity index (χ3v) is 3.65. The Hall–Kier alpha value is -1.04. The van der Waals surface area contributed by atoms with Crippen molar-refractivity contribution in [3.8, 4) is 0 Å². The van der Waals surface area contributed by atoms with Crippen LogP contribution in [0.25, 0.3) is 0 Å². The highest BCUT2D eigenvalue weighted by molar-refractivity contribution is 5.43. The molecule has 0 radical (unpaired) electrons. The fourth-order valence-corrected chi connectivity index (χ4v) is 2.68. The Morgan fingerprint density at radius 2 is 2.07 bits per heavy atom. The molecule has 2 atom stereocenters. The molecule has 0 heteroatoms. The fraction of sp³-hybridized carbons (Fsp3) is 0.429. The highest BCUT2D eigenvalue weighted by Crippen LogP contribution is 2.59. The Morgan fingerprint density at radius 3 is 2.50 bits per heavy atom. The van der Waals surface area contributed by atoms with Crippen molar-refractivity contribution in [2.75, 3.05) is 0 Å². The standard InChI is InChI=1S/C14H18/c1-4-12-10-14(12,11(2)3)13-8-6-5-7-9-13/h5-9,12H,2,4,10H2,1,3H3. The van der Waals surface area contributed by atoms with Crippen molar-refractivity contribution in [2.24, 2.45) is 5.92 Å². The Bertz CT molecular complexity index is 336. The van der Waals surface area contributed by atoms with Gasteiger partial charge in [0.25, 0.3) is 0 Å². The molecule has 2 rings (SSSR count). The van der Waals surface area contributed by atoms with Gasteiger partial charge in [0.1, 0.15) is 0 Å². The molecule has 1 aliphatic rings. The Labute approximate surface area is 86.7 Å². The van der Waals surface area contributed by atoms with Gasteiger partial charge in [0.2, 0.25) is 0 Å². The van der Waals surface area contributed by atoms with E-state index in [1.54, 1.807) is 0 Å².